The maximum Gasteiger partial charge on any atom is 0.412 e. The number of alkyl halides is 1. The van der Waals surface area contributed by atoms with E-state index in [1.165, 1.54) is 23.9 Å². The predicted molar refractivity (Wildman–Crippen MR) is 108 cm³/mol. The summed E-state index contributed by atoms with van der Waals surface area (Å²) in [6, 6.07) is 3.12. The van der Waals surface area contributed by atoms with Crippen molar-refractivity contribution in [2.75, 3.05) is 31.0 Å². The van der Waals surface area contributed by atoms with E-state index in [1.54, 1.807) is 6.20 Å². The number of methoxy groups -OCH3 is 1. The molecule has 0 bridgehead atoms. The Hall–Kier alpha value is -3.14. The molecular weight excluding hydrogens is 415 g/mol. The van der Waals surface area contributed by atoms with Crippen LogP contribution in [0.2, 0.25) is 0 Å². The zero-order valence-electron chi connectivity index (χ0n) is 16.2. The third-order valence-corrected chi connectivity index (χ3v) is 5.02. The molecule has 30 heavy (non-hydrogen) atoms. The standard InChI is InChI=1S/C19H20ClFN6O3/c1-29-18-13(9-12(21)10-23-18)14-3-2-7-26(14)16-4-8-27-17(25-16)15(11-24-27)30-19(28)22-6-5-20/h4,8-11,14H,2-3,5-7H2,1H3,(H,22,28)/t14-/m1/s1. The first kappa shape index (κ1) is 20.1. The summed E-state index contributed by atoms with van der Waals surface area (Å²) in [5.41, 5.74) is 1.06. The third-order valence-electron chi connectivity index (χ3n) is 4.83. The van der Waals surface area contributed by atoms with Crippen LogP contribution < -0.4 is 19.7 Å². The van der Waals surface area contributed by atoms with Gasteiger partial charge in [0.2, 0.25) is 11.5 Å². The van der Waals surface area contributed by atoms with Gasteiger partial charge in [0, 0.05) is 30.7 Å². The summed E-state index contributed by atoms with van der Waals surface area (Å²) in [6.45, 7) is 1.02. The lowest BCUT2D eigenvalue weighted by Gasteiger charge is -2.26. The Bertz CT molecular complexity index is 1060. The number of hydrogen-bond donors (Lipinski definition) is 1. The number of anilines is 1. The maximum absolute atomic E-state index is 13.9. The molecule has 0 aliphatic carbocycles. The van der Waals surface area contributed by atoms with Crippen LogP contribution in [0.3, 0.4) is 0 Å². The number of amides is 1. The average Bonchev–Trinajstić information content (AvgIpc) is 3.39. The van der Waals surface area contributed by atoms with E-state index in [4.69, 9.17) is 21.1 Å². The van der Waals surface area contributed by atoms with Gasteiger partial charge in [-0.2, -0.15) is 5.10 Å². The quantitative estimate of drug-likeness (QED) is 0.596. The smallest absolute Gasteiger partial charge is 0.412 e. The summed E-state index contributed by atoms with van der Waals surface area (Å²) in [5, 5.41) is 6.69. The van der Waals surface area contributed by atoms with Gasteiger partial charge in [0.1, 0.15) is 11.6 Å². The summed E-state index contributed by atoms with van der Waals surface area (Å²) in [6.07, 6.45) is 5.37. The molecule has 158 valence electrons. The van der Waals surface area contributed by atoms with Gasteiger partial charge >= 0.3 is 6.09 Å². The van der Waals surface area contributed by atoms with Crippen molar-refractivity contribution >= 4 is 29.2 Å². The Morgan fingerprint density at radius 1 is 1.43 bits per heavy atom. The molecule has 0 saturated carbocycles. The molecule has 0 unspecified atom stereocenters. The zero-order valence-corrected chi connectivity index (χ0v) is 17.0. The molecule has 11 heteroatoms. The van der Waals surface area contributed by atoms with E-state index in [-0.39, 0.29) is 24.2 Å². The fourth-order valence-corrected chi connectivity index (χ4v) is 3.67. The van der Waals surface area contributed by atoms with Crippen LogP contribution in [0.5, 0.6) is 11.6 Å². The van der Waals surface area contributed by atoms with Crippen molar-refractivity contribution in [3.8, 4) is 11.6 Å². The SMILES string of the molecule is COc1ncc(F)cc1[C@H]1CCCN1c1ccn2ncc(OC(=O)NCCCl)c2n1. The van der Waals surface area contributed by atoms with E-state index in [0.29, 0.717) is 22.9 Å². The van der Waals surface area contributed by atoms with Gasteiger partial charge in [0.15, 0.2) is 5.75 Å². The number of halogens is 2. The fraction of sp³-hybridized carbons (Fsp3) is 0.368. The number of hydrogen-bond acceptors (Lipinski definition) is 7. The molecule has 1 amide bonds. The highest BCUT2D eigenvalue weighted by atomic mass is 35.5. The number of ether oxygens (including phenoxy) is 2. The molecule has 9 nitrogen and oxygen atoms in total. The first-order valence-electron chi connectivity index (χ1n) is 9.43. The first-order valence-corrected chi connectivity index (χ1v) is 9.96. The second-order valence-electron chi connectivity index (χ2n) is 6.67. The summed E-state index contributed by atoms with van der Waals surface area (Å²) in [4.78, 5) is 22.6. The number of rotatable bonds is 6. The lowest BCUT2D eigenvalue weighted by molar-refractivity contribution is 0.201. The zero-order chi connectivity index (χ0) is 21.1. The first-order chi connectivity index (χ1) is 14.6. The normalized spacial score (nSPS) is 16.1. The Balaban J connectivity index is 1.65. The number of carbonyl (C=O) groups excluding carboxylic acids is 1. The van der Waals surface area contributed by atoms with Crippen LogP contribution in [0.4, 0.5) is 15.0 Å². The molecular formula is C19H20ClFN6O3. The van der Waals surface area contributed by atoms with Crippen molar-refractivity contribution in [3.63, 3.8) is 0 Å². The van der Waals surface area contributed by atoms with Gasteiger partial charge in [-0.05, 0) is 25.0 Å². The number of fused-ring (bicyclic) bond motifs is 1. The number of aromatic nitrogens is 4. The number of nitrogens with zero attached hydrogens (tertiary/aromatic N) is 5. The van der Waals surface area contributed by atoms with Crippen LogP contribution in [0.1, 0.15) is 24.4 Å². The number of nitrogens with one attached hydrogen (secondary N) is 1. The second kappa shape index (κ2) is 8.70. The van der Waals surface area contributed by atoms with Crippen molar-refractivity contribution < 1.29 is 18.7 Å². The molecule has 1 aliphatic rings. The van der Waals surface area contributed by atoms with Crippen molar-refractivity contribution in [1.82, 2.24) is 24.9 Å². The molecule has 4 heterocycles. The number of carbonyl (C=O) groups is 1. The molecule has 3 aromatic heterocycles. The molecule has 4 rings (SSSR count). The molecule has 1 atom stereocenters. The fourth-order valence-electron chi connectivity index (χ4n) is 3.57. The van der Waals surface area contributed by atoms with Gasteiger partial charge in [-0.1, -0.05) is 0 Å². The molecule has 1 N–H and O–H groups in total. The summed E-state index contributed by atoms with van der Waals surface area (Å²) < 4.78 is 26.0. The molecule has 0 radical (unpaired) electrons. The van der Waals surface area contributed by atoms with Gasteiger partial charge in [-0.15, -0.1) is 11.6 Å². The third kappa shape index (κ3) is 3.95. The van der Waals surface area contributed by atoms with E-state index in [0.717, 1.165) is 25.6 Å². The monoisotopic (exact) mass is 434 g/mol. The van der Waals surface area contributed by atoms with E-state index >= 15 is 0 Å². The van der Waals surface area contributed by atoms with Crippen LogP contribution in [0.15, 0.2) is 30.7 Å². The predicted octanol–water partition coefficient (Wildman–Crippen LogP) is 2.94. The lowest BCUT2D eigenvalue weighted by Crippen LogP contribution is -2.28. The van der Waals surface area contributed by atoms with Crippen LogP contribution in [0, 0.1) is 5.82 Å². The van der Waals surface area contributed by atoms with Crippen LogP contribution in [-0.2, 0) is 0 Å². The van der Waals surface area contributed by atoms with Crippen LogP contribution >= 0.6 is 11.6 Å². The number of pyridine rings is 1. The largest absolute Gasteiger partial charge is 0.481 e. The van der Waals surface area contributed by atoms with E-state index in [1.807, 2.05) is 6.07 Å². The van der Waals surface area contributed by atoms with Gasteiger partial charge in [-0.3, -0.25) is 0 Å². The van der Waals surface area contributed by atoms with E-state index in [2.05, 4.69) is 25.3 Å². The van der Waals surface area contributed by atoms with Crippen molar-refractivity contribution in [1.29, 1.82) is 0 Å². The Labute approximate surface area is 176 Å². The molecule has 1 fully saturated rings. The highest BCUT2D eigenvalue weighted by Gasteiger charge is 2.31. The lowest BCUT2D eigenvalue weighted by atomic mass is 10.1. The molecule has 1 saturated heterocycles. The summed E-state index contributed by atoms with van der Waals surface area (Å²) >= 11 is 5.57. The molecule has 1 aliphatic heterocycles. The highest BCUT2D eigenvalue weighted by molar-refractivity contribution is 6.18. The van der Waals surface area contributed by atoms with Gasteiger partial charge in [0.05, 0.1) is 25.5 Å². The average molecular weight is 435 g/mol. The summed E-state index contributed by atoms with van der Waals surface area (Å²) in [7, 11) is 1.51. The van der Waals surface area contributed by atoms with Gasteiger partial charge in [0.25, 0.3) is 0 Å². The van der Waals surface area contributed by atoms with Crippen LogP contribution in [-0.4, -0.2) is 51.8 Å². The van der Waals surface area contributed by atoms with E-state index in [9.17, 15) is 9.18 Å². The Morgan fingerprint density at radius 3 is 3.10 bits per heavy atom. The van der Waals surface area contributed by atoms with Crippen molar-refractivity contribution in [2.45, 2.75) is 18.9 Å². The second-order valence-corrected chi connectivity index (χ2v) is 7.05. The minimum absolute atomic E-state index is 0.141. The summed E-state index contributed by atoms with van der Waals surface area (Å²) in [5.74, 6) is 1.13. The molecule has 3 aromatic rings. The maximum atomic E-state index is 13.9. The van der Waals surface area contributed by atoms with Crippen LogP contribution in [0.25, 0.3) is 5.65 Å². The Morgan fingerprint density at radius 2 is 2.30 bits per heavy atom. The Kier molecular flexibility index (Phi) is 5.84. The van der Waals surface area contributed by atoms with Crippen molar-refractivity contribution in [2.24, 2.45) is 0 Å². The minimum Gasteiger partial charge on any atom is -0.481 e. The molecule has 0 aromatic carbocycles. The van der Waals surface area contributed by atoms with Gasteiger partial charge in [-0.25, -0.2) is 23.7 Å². The topological polar surface area (TPSA) is 93.9 Å². The minimum atomic E-state index is -0.632. The van der Waals surface area contributed by atoms with Gasteiger partial charge < -0.3 is 19.7 Å². The highest BCUT2D eigenvalue weighted by Crippen LogP contribution is 2.39. The van der Waals surface area contributed by atoms with E-state index < -0.39 is 11.9 Å². The molecule has 0 spiro atoms. The van der Waals surface area contributed by atoms with Crippen molar-refractivity contribution in [3.05, 3.63) is 42.1 Å².